The summed E-state index contributed by atoms with van der Waals surface area (Å²) in [7, 11) is -4.05. The number of amides is 1. The molecule has 36 heavy (non-hydrogen) atoms. The zero-order chi connectivity index (χ0) is 25.5. The number of carbonyl (C=O) groups excluding carboxylic acids is 1. The van der Waals surface area contributed by atoms with E-state index < -0.39 is 22.5 Å². The second kappa shape index (κ2) is 11.8. The number of nitrogens with zero attached hydrogens (tertiary/aromatic N) is 1. The minimum atomic E-state index is -4.05. The van der Waals surface area contributed by atoms with Gasteiger partial charge in [0.15, 0.2) is 0 Å². The number of hydrogen-bond acceptors (Lipinski definition) is 4. The van der Waals surface area contributed by atoms with E-state index in [0.717, 1.165) is 14.8 Å². The van der Waals surface area contributed by atoms with E-state index >= 15 is 0 Å². The van der Waals surface area contributed by atoms with Crippen LogP contribution >= 0.6 is 35.0 Å². The summed E-state index contributed by atoms with van der Waals surface area (Å²) in [5, 5.41) is 3.77. The highest BCUT2D eigenvalue weighted by Gasteiger charge is 2.28. The predicted octanol–water partition coefficient (Wildman–Crippen LogP) is 7.12. The van der Waals surface area contributed by atoms with Gasteiger partial charge in [0.1, 0.15) is 6.54 Å². The fourth-order valence-corrected chi connectivity index (χ4v) is 6.27. The van der Waals surface area contributed by atoms with Crippen LogP contribution in [0.3, 0.4) is 0 Å². The van der Waals surface area contributed by atoms with Crippen LogP contribution in [0.2, 0.25) is 10.0 Å². The van der Waals surface area contributed by atoms with Gasteiger partial charge in [-0.15, -0.1) is 11.8 Å². The second-order valence-corrected chi connectivity index (χ2v) is 11.5. The lowest BCUT2D eigenvalue weighted by molar-refractivity contribution is -0.114. The maximum atomic E-state index is 13.5. The molecule has 5 nitrogen and oxygen atoms in total. The monoisotopic (exact) mass is 556 g/mol. The highest BCUT2D eigenvalue weighted by molar-refractivity contribution is 7.98. The summed E-state index contributed by atoms with van der Waals surface area (Å²) in [4.78, 5) is 14.1. The zero-order valence-electron chi connectivity index (χ0n) is 19.0. The lowest BCUT2D eigenvalue weighted by Gasteiger charge is -2.25. The Morgan fingerprint density at radius 2 is 1.44 bits per heavy atom. The van der Waals surface area contributed by atoms with E-state index in [9.17, 15) is 13.2 Å². The third-order valence-corrected chi connectivity index (χ3v) is 8.70. The third kappa shape index (κ3) is 6.42. The molecule has 0 aromatic heterocycles. The van der Waals surface area contributed by atoms with Crippen LogP contribution in [-0.2, 0) is 20.6 Å². The van der Waals surface area contributed by atoms with Gasteiger partial charge in [0, 0.05) is 15.7 Å². The minimum Gasteiger partial charge on any atom is -0.323 e. The quantitative estimate of drug-likeness (QED) is 0.223. The van der Waals surface area contributed by atoms with Gasteiger partial charge in [-0.1, -0.05) is 77.8 Å². The summed E-state index contributed by atoms with van der Waals surface area (Å²) in [6.45, 7) is -0.447. The van der Waals surface area contributed by atoms with Crippen LogP contribution in [0, 0.1) is 0 Å². The number of sulfonamides is 1. The van der Waals surface area contributed by atoms with Crippen LogP contribution in [0.5, 0.6) is 0 Å². The van der Waals surface area contributed by atoms with E-state index in [1.165, 1.54) is 12.1 Å². The molecule has 184 valence electrons. The van der Waals surface area contributed by atoms with Gasteiger partial charge in [-0.2, -0.15) is 0 Å². The lowest BCUT2D eigenvalue weighted by Crippen LogP contribution is -2.38. The van der Waals surface area contributed by atoms with Crippen molar-refractivity contribution in [1.82, 2.24) is 0 Å². The fraction of sp³-hybridized carbons (Fsp3) is 0.0741. The SMILES string of the molecule is O=C(CN(c1ccccc1Cl)S(=O)(=O)c1ccccc1)Nc1ccccc1SCc1ccc(Cl)cc1. The first-order chi connectivity index (χ1) is 17.3. The van der Waals surface area contributed by atoms with Crippen molar-refractivity contribution in [1.29, 1.82) is 0 Å². The number of halogens is 2. The van der Waals surface area contributed by atoms with Crippen LogP contribution < -0.4 is 9.62 Å². The standard InChI is InChI=1S/C27H22Cl2N2O3S2/c28-21-16-14-20(15-17-21)19-35-26-13-7-5-11-24(26)30-27(32)18-31(25-12-6-4-10-23(25)29)36(33,34)22-8-2-1-3-9-22/h1-17H,18-19H2,(H,30,32). The van der Waals surface area contributed by atoms with Crippen molar-refractivity contribution in [3.63, 3.8) is 0 Å². The van der Waals surface area contributed by atoms with Gasteiger partial charge in [-0.3, -0.25) is 9.10 Å². The average Bonchev–Trinajstić information content (AvgIpc) is 2.89. The van der Waals surface area contributed by atoms with Crippen LogP contribution in [0.1, 0.15) is 5.56 Å². The number of nitrogens with one attached hydrogen (secondary N) is 1. The summed E-state index contributed by atoms with van der Waals surface area (Å²) in [6, 6.07) is 29.5. The number of para-hydroxylation sites is 2. The van der Waals surface area contributed by atoms with E-state index in [0.29, 0.717) is 16.5 Å². The first-order valence-electron chi connectivity index (χ1n) is 10.9. The molecule has 0 unspecified atom stereocenters. The Morgan fingerprint density at radius 1 is 0.806 bits per heavy atom. The summed E-state index contributed by atoms with van der Waals surface area (Å²) >= 11 is 13.9. The molecule has 1 N–H and O–H groups in total. The predicted molar refractivity (Wildman–Crippen MR) is 149 cm³/mol. The van der Waals surface area contributed by atoms with Crippen molar-refractivity contribution >= 4 is 62.3 Å². The Labute approximate surface area is 225 Å². The molecule has 0 aliphatic rings. The van der Waals surface area contributed by atoms with Gasteiger partial charge < -0.3 is 5.32 Å². The molecule has 9 heteroatoms. The van der Waals surface area contributed by atoms with E-state index in [1.54, 1.807) is 60.3 Å². The van der Waals surface area contributed by atoms with Crippen molar-refractivity contribution < 1.29 is 13.2 Å². The van der Waals surface area contributed by atoms with E-state index in [1.807, 2.05) is 42.5 Å². The molecule has 4 rings (SSSR count). The van der Waals surface area contributed by atoms with Gasteiger partial charge >= 0.3 is 0 Å². The molecule has 0 saturated heterocycles. The molecule has 0 radical (unpaired) electrons. The topological polar surface area (TPSA) is 66.5 Å². The largest absolute Gasteiger partial charge is 0.323 e. The molecular formula is C27H22Cl2N2O3S2. The molecule has 0 aliphatic carbocycles. The van der Waals surface area contributed by atoms with E-state index in [-0.39, 0.29) is 15.6 Å². The molecule has 4 aromatic rings. The molecule has 0 heterocycles. The summed E-state index contributed by atoms with van der Waals surface area (Å²) in [5.74, 6) is 0.187. The molecule has 4 aromatic carbocycles. The lowest BCUT2D eigenvalue weighted by atomic mass is 10.2. The number of anilines is 2. The van der Waals surface area contributed by atoms with Gasteiger partial charge in [0.25, 0.3) is 10.0 Å². The molecule has 0 spiro atoms. The van der Waals surface area contributed by atoms with Crippen molar-refractivity contribution in [3.8, 4) is 0 Å². The summed E-state index contributed by atoms with van der Waals surface area (Å²) < 4.78 is 28.0. The number of carbonyl (C=O) groups is 1. The maximum absolute atomic E-state index is 13.5. The van der Waals surface area contributed by atoms with Crippen molar-refractivity contribution in [3.05, 3.63) is 119 Å². The first-order valence-corrected chi connectivity index (χ1v) is 14.1. The number of thioether (sulfide) groups is 1. The summed E-state index contributed by atoms with van der Waals surface area (Å²) in [5.41, 5.74) is 1.91. The summed E-state index contributed by atoms with van der Waals surface area (Å²) in [6.07, 6.45) is 0. The zero-order valence-corrected chi connectivity index (χ0v) is 22.1. The van der Waals surface area contributed by atoms with E-state index in [2.05, 4.69) is 5.32 Å². The van der Waals surface area contributed by atoms with E-state index in [4.69, 9.17) is 23.2 Å². The van der Waals surface area contributed by atoms with Gasteiger partial charge in [0.05, 0.1) is 21.3 Å². The molecule has 0 aliphatic heterocycles. The molecule has 0 fully saturated rings. The maximum Gasteiger partial charge on any atom is 0.264 e. The second-order valence-electron chi connectivity index (χ2n) is 7.74. The Bertz CT molecular complexity index is 1450. The third-order valence-electron chi connectivity index (χ3n) is 5.21. The fourth-order valence-electron chi connectivity index (χ4n) is 3.43. The molecular weight excluding hydrogens is 535 g/mol. The smallest absolute Gasteiger partial charge is 0.264 e. The first kappa shape index (κ1) is 26.1. The van der Waals surface area contributed by atoms with Crippen molar-refractivity contribution in [2.45, 2.75) is 15.5 Å². The molecule has 1 amide bonds. The Morgan fingerprint density at radius 3 is 2.17 bits per heavy atom. The molecule has 0 atom stereocenters. The Kier molecular flexibility index (Phi) is 8.59. The van der Waals surface area contributed by atoms with Crippen LogP contribution in [0.4, 0.5) is 11.4 Å². The molecule has 0 bridgehead atoms. The van der Waals surface area contributed by atoms with Crippen LogP contribution in [0.15, 0.2) is 113 Å². The van der Waals surface area contributed by atoms with Crippen LogP contribution in [-0.4, -0.2) is 20.9 Å². The van der Waals surface area contributed by atoms with Crippen molar-refractivity contribution in [2.75, 3.05) is 16.2 Å². The highest BCUT2D eigenvalue weighted by Crippen LogP contribution is 2.32. The average molecular weight is 558 g/mol. The normalized spacial score (nSPS) is 11.2. The van der Waals surface area contributed by atoms with Crippen molar-refractivity contribution in [2.24, 2.45) is 0 Å². The van der Waals surface area contributed by atoms with Gasteiger partial charge in [-0.25, -0.2) is 8.42 Å². The van der Waals surface area contributed by atoms with Gasteiger partial charge in [0.2, 0.25) is 5.91 Å². The molecule has 0 saturated carbocycles. The Hall–Kier alpha value is -2.97. The number of hydrogen-bond donors (Lipinski definition) is 1. The number of benzene rings is 4. The Balaban J connectivity index is 1.56. The number of rotatable bonds is 9. The van der Waals surface area contributed by atoms with Crippen LogP contribution in [0.25, 0.3) is 0 Å². The van der Waals surface area contributed by atoms with Gasteiger partial charge in [-0.05, 0) is 54.1 Å². The highest BCUT2D eigenvalue weighted by atomic mass is 35.5. The minimum absolute atomic E-state index is 0.0663.